The van der Waals surface area contributed by atoms with Crippen LogP contribution in [-0.4, -0.2) is 34.3 Å². The minimum Gasteiger partial charge on any atom is -0.368 e. The maximum atomic E-state index is 11.6. The highest BCUT2D eigenvalue weighted by Crippen LogP contribution is 2.29. The van der Waals surface area contributed by atoms with E-state index in [9.17, 15) is 9.59 Å². The van der Waals surface area contributed by atoms with E-state index < -0.39 is 10.8 Å². The van der Waals surface area contributed by atoms with Crippen molar-refractivity contribution in [2.24, 2.45) is 11.7 Å². The molecule has 0 aliphatic carbocycles. The lowest BCUT2D eigenvalue weighted by Crippen LogP contribution is -2.55. The summed E-state index contributed by atoms with van der Waals surface area (Å²) in [7, 11) is 0. The van der Waals surface area contributed by atoms with Crippen LogP contribution in [0, 0.1) is 5.92 Å². The van der Waals surface area contributed by atoms with E-state index >= 15 is 0 Å². The van der Waals surface area contributed by atoms with Gasteiger partial charge in [0.15, 0.2) is 0 Å². The maximum Gasteiger partial charge on any atom is 0.235 e. The number of carbonyl (C=O) groups is 2. The summed E-state index contributed by atoms with van der Waals surface area (Å²) in [4.78, 5) is 23.2. The molecule has 0 rings (SSSR count). The summed E-state index contributed by atoms with van der Waals surface area (Å²) >= 11 is 1.48. The Balaban J connectivity index is 4.64. The highest BCUT2D eigenvalue weighted by atomic mass is 32.2. The number of carbonyl (C=O) groups excluding carboxylic acids is 2. The molecule has 0 bridgehead atoms. The van der Waals surface area contributed by atoms with Gasteiger partial charge >= 0.3 is 0 Å². The number of rotatable bonds is 8. The first-order valence-electron chi connectivity index (χ1n) is 6.30. The minimum absolute atomic E-state index is 0.0263. The summed E-state index contributed by atoms with van der Waals surface area (Å²) < 4.78 is -0.402. The van der Waals surface area contributed by atoms with Crippen molar-refractivity contribution in [3.8, 4) is 0 Å². The molecule has 0 aromatic heterocycles. The van der Waals surface area contributed by atoms with Crippen LogP contribution in [0.5, 0.6) is 0 Å². The van der Waals surface area contributed by atoms with Gasteiger partial charge < -0.3 is 11.1 Å². The molecule has 1 unspecified atom stereocenters. The third-order valence-corrected chi connectivity index (χ3v) is 4.12. The average molecular weight is 274 g/mol. The number of hydrogen-bond donors (Lipinski definition) is 2. The lowest BCUT2D eigenvalue weighted by Gasteiger charge is -2.33. The summed E-state index contributed by atoms with van der Waals surface area (Å²) in [5, 5.41) is 3.17. The summed E-state index contributed by atoms with van der Waals surface area (Å²) in [6.45, 7) is 11.6. The van der Waals surface area contributed by atoms with E-state index in [1.54, 1.807) is 0 Å². The molecular formula is C13H26N2O2S. The third-order valence-electron chi connectivity index (χ3n) is 2.71. The number of primary amides is 1. The number of nitrogens with two attached hydrogens (primary N) is 1. The van der Waals surface area contributed by atoms with Crippen LogP contribution in [0.2, 0.25) is 0 Å². The van der Waals surface area contributed by atoms with Gasteiger partial charge in [-0.2, -0.15) is 0 Å². The number of hydrogen-bond acceptors (Lipinski definition) is 4. The molecule has 0 aromatic carbocycles. The molecule has 4 nitrogen and oxygen atoms in total. The van der Waals surface area contributed by atoms with Gasteiger partial charge in [-0.15, -0.1) is 11.8 Å². The van der Waals surface area contributed by atoms with Gasteiger partial charge in [-0.25, -0.2) is 0 Å². The first-order chi connectivity index (χ1) is 8.08. The molecule has 0 aromatic rings. The highest BCUT2D eigenvalue weighted by Gasteiger charge is 2.35. The van der Waals surface area contributed by atoms with E-state index in [4.69, 9.17) is 5.73 Å². The fourth-order valence-electron chi connectivity index (χ4n) is 1.47. The van der Waals surface area contributed by atoms with E-state index in [2.05, 4.69) is 5.32 Å². The lowest BCUT2D eigenvalue weighted by molar-refractivity contribution is -0.121. The quantitative estimate of drug-likeness (QED) is 0.705. The SMILES string of the molecule is CC(C)NC(C(N)=O)C(C)(C)SCC(=O)C(C)C. The topological polar surface area (TPSA) is 72.2 Å². The van der Waals surface area contributed by atoms with Gasteiger partial charge in [-0.3, -0.25) is 9.59 Å². The van der Waals surface area contributed by atoms with Gasteiger partial charge in [-0.05, 0) is 13.8 Å². The predicted molar refractivity (Wildman–Crippen MR) is 77.6 cm³/mol. The Morgan fingerprint density at radius 2 is 1.72 bits per heavy atom. The molecule has 1 atom stereocenters. The zero-order valence-electron chi connectivity index (χ0n) is 12.2. The molecule has 0 aliphatic heterocycles. The standard InChI is InChI=1S/C13H26N2O2S/c1-8(2)10(16)7-18-13(5,6)11(12(14)17)15-9(3)4/h8-9,11,15H,7H2,1-6H3,(H2,14,17). The molecular weight excluding hydrogens is 248 g/mol. The van der Waals surface area contributed by atoms with Crippen LogP contribution in [-0.2, 0) is 9.59 Å². The molecule has 3 N–H and O–H groups in total. The second-order valence-corrected chi connectivity index (χ2v) is 7.30. The van der Waals surface area contributed by atoms with Crippen LogP contribution in [0.15, 0.2) is 0 Å². The van der Waals surface area contributed by atoms with Crippen LogP contribution in [0.4, 0.5) is 0 Å². The molecule has 0 aliphatic rings. The normalized spacial score (nSPS) is 14.0. The van der Waals surface area contributed by atoms with Crippen molar-refractivity contribution in [1.82, 2.24) is 5.32 Å². The Labute approximate surface area is 114 Å². The van der Waals surface area contributed by atoms with Crippen molar-refractivity contribution in [3.05, 3.63) is 0 Å². The Kier molecular flexibility index (Phi) is 6.92. The largest absolute Gasteiger partial charge is 0.368 e. The minimum atomic E-state index is -0.442. The lowest BCUT2D eigenvalue weighted by atomic mass is 10.0. The van der Waals surface area contributed by atoms with Crippen LogP contribution in [0.3, 0.4) is 0 Å². The highest BCUT2D eigenvalue weighted by molar-refractivity contribution is 8.01. The maximum absolute atomic E-state index is 11.6. The monoisotopic (exact) mass is 274 g/mol. The van der Waals surface area contributed by atoms with Crippen LogP contribution in [0.25, 0.3) is 0 Å². The molecule has 0 saturated carbocycles. The first-order valence-corrected chi connectivity index (χ1v) is 7.28. The predicted octanol–water partition coefficient (Wildman–Crippen LogP) is 1.58. The second kappa shape index (κ2) is 7.14. The van der Waals surface area contributed by atoms with Crippen LogP contribution >= 0.6 is 11.8 Å². The van der Waals surface area contributed by atoms with Crippen molar-refractivity contribution >= 4 is 23.5 Å². The van der Waals surface area contributed by atoms with E-state index in [0.717, 1.165) is 0 Å². The zero-order valence-corrected chi connectivity index (χ0v) is 13.1. The number of nitrogens with one attached hydrogen (secondary N) is 1. The van der Waals surface area contributed by atoms with E-state index in [1.165, 1.54) is 11.8 Å². The summed E-state index contributed by atoms with van der Waals surface area (Å²) in [5.74, 6) is 0.256. The van der Waals surface area contributed by atoms with Gasteiger partial charge in [0, 0.05) is 16.7 Å². The van der Waals surface area contributed by atoms with Gasteiger partial charge in [0.25, 0.3) is 0 Å². The molecule has 0 spiro atoms. The van der Waals surface area contributed by atoms with Gasteiger partial charge in [0.2, 0.25) is 5.91 Å². The van der Waals surface area contributed by atoms with Crippen molar-refractivity contribution < 1.29 is 9.59 Å². The molecule has 5 heteroatoms. The number of ketones is 1. The van der Waals surface area contributed by atoms with Gasteiger partial charge in [-0.1, -0.05) is 27.7 Å². The second-order valence-electron chi connectivity index (χ2n) is 5.67. The zero-order chi connectivity index (χ0) is 14.5. The summed E-state index contributed by atoms with van der Waals surface area (Å²) in [6.07, 6.45) is 0. The molecule has 0 radical (unpaired) electrons. The fraction of sp³-hybridized carbons (Fsp3) is 0.846. The van der Waals surface area contributed by atoms with E-state index in [0.29, 0.717) is 5.75 Å². The van der Waals surface area contributed by atoms with E-state index in [1.807, 2.05) is 41.5 Å². The van der Waals surface area contributed by atoms with E-state index in [-0.39, 0.29) is 23.7 Å². The molecule has 1 amide bonds. The first kappa shape index (κ1) is 17.4. The molecule has 106 valence electrons. The Morgan fingerprint density at radius 1 is 1.22 bits per heavy atom. The fourth-order valence-corrected chi connectivity index (χ4v) is 2.66. The molecule has 18 heavy (non-hydrogen) atoms. The summed E-state index contributed by atoms with van der Waals surface area (Å²) in [6, 6.07) is -0.273. The van der Waals surface area contributed by atoms with Gasteiger partial charge in [0.05, 0.1) is 5.75 Å². The van der Waals surface area contributed by atoms with Crippen LogP contribution < -0.4 is 11.1 Å². The van der Waals surface area contributed by atoms with Crippen molar-refractivity contribution in [2.45, 2.75) is 58.4 Å². The van der Waals surface area contributed by atoms with Crippen molar-refractivity contribution in [1.29, 1.82) is 0 Å². The Bertz CT molecular complexity index is 301. The van der Waals surface area contributed by atoms with Crippen molar-refractivity contribution in [2.75, 3.05) is 5.75 Å². The number of amides is 1. The molecule has 0 fully saturated rings. The number of thioether (sulfide) groups is 1. The Morgan fingerprint density at radius 3 is 2.06 bits per heavy atom. The molecule has 0 heterocycles. The van der Waals surface area contributed by atoms with Gasteiger partial charge in [0.1, 0.15) is 11.8 Å². The van der Waals surface area contributed by atoms with Crippen LogP contribution in [0.1, 0.15) is 41.5 Å². The van der Waals surface area contributed by atoms with Crippen molar-refractivity contribution in [3.63, 3.8) is 0 Å². The number of Topliss-reactive ketones (excluding diaryl/α,β-unsaturated/α-hetero) is 1. The molecule has 0 saturated heterocycles. The summed E-state index contributed by atoms with van der Waals surface area (Å²) in [5.41, 5.74) is 5.44. The third kappa shape index (κ3) is 5.87. The smallest absolute Gasteiger partial charge is 0.235 e. The average Bonchev–Trinajstić information content (AvgIpc) is 2.21. The Hall–Kier alpha value is -0.550.